The van der Waals surface area contributed by atoms with E-state index in [4.69, 9.17) is 14.6 Å². The molecule has 0 aliphatic carbocycles. The number of aromatic carboxylic acids is 2. The molecule has 4 rings (SSSR count). The summed E-state index contributed by atoms with van der Waals surface area (Å²) in [6, 6.07) is 12.5. The van der Waals surface area contributed by atoms with Crippen LogP contribution in [0.4, 0.5) is 10.1 Å². The minimum atomic E-state index is -1.39. The van der Waals surface area contributed by atoms with Crippen LogP contribution >= 0.6 is 0 Å². The number of carboxylic acid groups (broad SMARTS) is 2. The van der Waals surface area contributed by atoms with E-state index in [2.05, 4.69) is 5.10 Å². The fourth-order valence-corrected chi connectivity index (χ4v) is 3.17. The number of hydrogen-bond donors (Lipinski definition) is 2. The number of furan rings is 1. The molecule has 1 aliphatic heterocycles. The summed E-state index contributed by atoms with van der Waals surface area (Å²) in [6.45, 7) is 1.65. The monoisotopic (exact) mass is 434 g/mol. The Balaban J connectivity index is 1.60. The molecule has 1 amide bonds. The van der Waals surface area contributed by atoms with Crippen molar-refractivity contribution in [2.24, 2.45) is 5.10 Å². The van der Waals surface area contributed by atoms with Crippen molar-refractivity contribution in [3.63, 3.8) is 0 Å². The minimum Gasteiger partial charge on any atom is -0.478 e. The highest BCUT2D eigenvalue weighted by Crippen LogP contribution is 2.28. The lowest BCUT2D eigenvalue weighted by Crippen LogP contribution is -2.21. The summed E-state index contributed by atoms with van der Waals surface area (Å²) >= 11 is 0. The van der Waals surface area contributed by atoms with Crippen molar-refractivity contribution in [1.29, 1.82) is 0 Å². The van der Waals surface area contributed by atoms with Crippen LogP contribution < -0.4 is 5.01 Å². The van der Waals surface area contributed by atoms with E-state index in [0.29, 0.717) is 28.5 Å². The molecule has 2 N–H and O–H groups in total. The molecule has 32 heavy (non-hydrogen) atoms. The third-order valence-corrected chi connectivity index (χ3v) is 4.82. The molecule has 1 aromatic heterocycles. The second-order valence-corrected chi connectivity index (χ2v) is 6.91. The fourth-order valence-electron chi connectivity index (χ4n) is 3.17. The van der Waals surface area contributed by atoms with Crippen molar-refractivity contribution in [3.8, 4) is 11.3 Å². The number of carbonyl (C=O) groups is 3. The lowest BCUT2D eigenvalue weighted by Gasteiger charge is -2.11. The third kappa shape index (κ3) is 3.79. The molecule has 8 nitrogen and oxygen atoms in total. The van der Waals surface area contributed by atoms with Gasteiger partial charge in [-0.15, -0.1) is 0 Å². The maximum Gasteiger partial charge on any atom is 0.338 e. The molecule has 2 aromatic carbocycles. The van der Waals surface area contributed by atoms with Crippen molar-refractivity contribution < 1.29 is 33.4 Å². The molecule has 0 spiro atoms. The summed E-state index contributed by atoms with van der Waals surface area (Å²) in [4.78, 5) is 35.0. The zero-order valence-electron chi connectivity index (χ0n) is 16.6. The van der Waals surface area contributed by atoms with Crippen LogP contribution in [0.5, 0.6) is 0 Å². The van der Waals surface area contributed by atoms with Crippen LogP contribution in [0.15, 0.2) is 69.7 Å². The van der Waals surface area contributed by atoms with Gasteiger partial charge in [-0.25, -0.2) is 14.0 Å². The lowest BCUT2D eigenvalue weighted by atomic mass is 10.1. The number of rotatable bonds is 5. The molecular formula is C23H15FN2O6. The predicted molar refractivity (Wildman–Crippen MR) is 113 cm³/mol. The van der Waals surface area contributed by atoms with Crippen LogP contribution in [0.1, 0.15) is 33.4 Å². The molecule has 0 unspecified atom stereocenters. The first-order chi connectivity index (χ1) is 15.2. The highest BCUT2D eigenvalue weighted by atomic mass is 19.1. The molecule has 3 aromatic rings. The van der Waals surface area contributed by atoms with Gasteiger partial charge in [-0.2, -0.15) is 10.1 Å². The number of halogens is 1. The largest absolute Gasteiger partial charge is 0.478 e. The molecule has 1 aliphatic rings. The summed E-state index contributed by atoms with van der Waals surface area (Å²) < 4.78 is 19.3. The molecule has 0 saturated heterocycles. The Morgan fingerprint density at radius 3 is 2.41 bits per heavy atom. The molecule has 2 heterocycles. The van der Waals surface area contributed by atoms with Crippen LogP contribution in [0.25, 0.3) is 17.4 Å². The van der Waals surface area contributed by atoms with Gasteiger partial charge in [0.2, 0.25) is 0 Å². The molecule has 0 saturated carbocycles. The highest BCUT2D eigenvalue weighted by molar-refractivity contribution is 6.32. The van der Waals surface area contributed by atoms with E-state index in [-0.39, 0.29) is 11.1 Å². The van der Waals surface area contributed by atoms with Crippen molar-refractivity contribution in [2.45, 2.75) is 6.92 Å². The zero-order chi connectivity index (χ0) is 23.0. The predicted octanol–water partition coefficient (Wildman–Crippen LogP) is 4.29. The molecule has 9 heteroatoms. The first kappa shape index (κ1) is 20.7. The average molecular weight is 434 g/mol. The lowest BCUT2D eigenvalue weighted by molar-refractivity contribution is -0.114. The Morgan fingerprint density at radius 1 is 1.03 bits per heavy atom. The van der Waals surface area contributed by atoms with Gasteiger partial charge in [-0.05, 0) is 67.6 Å². The van der Waals surface area contributed by atoms with Gasteiger partial charge < -0.3 is 14.6 Å². The van der Waals surface area contributed by atoms with Crippen LogP contribution in [0, 0.1) is 5.82 Å². The third-order valence-electron chi connectivity index (χ3n) is 4.82. The molecule has 0 bridgehead atoms. The fraction of sp³-hybridized carbons (Fsp3) is 0.0435. The second-order valence-electron chi connectivity index (χ2n) is 6.91. The standard InChI is InChI=1S/C23H15FN2O6/c1-12-17(21(27)26(25-12)15-5-2-13(3-6-15)22(28)29)11-16-7-9-20(32-16)14-4-8-19(24)18(10-14)23(30)31/h2-11H,1H3,(H,28,29)(H,30,31)/b17-11-. The van der Waals surface area contributed by atoms with Gasteiger partial charge in [0.15, 0.2) is 0 Å². The summed E-state index contributed by atoms with van der Waals surface area (Å²) in [5, 5.41) is 23.5. The van der Waals surface area contributed by atoms with E-state index < -0.39 is 29.2 Å². The van der Waals surface area contributed by atoms with Crippen LogP contribution in [0.2, 0.25) is 0 Å². The van der Waals surface area contributed by atoms with E-state index in [9.17, 15) is 18.8 Å². The van der Waals surface area contributed by atoms with Crippen molar-refractivity contribution in [1.82, 2.24) is 0 Å². The topological polar surface area (TPSA) is 120 Å². The maximum atomic E-state index is 13.6. The first-order valence-electron chi connectivity index (χ1n) is 9.33. The van der Waals surface area contributed by atoms with Gasteiger partial charge in [-0.3, -0.25) is 4.79 Å². The van der Waals surface area contributed by atoms with Gasteiger partial charge in [-0.1, -0.05) is 0 Å². The first-order valence-corrected chi connectivity index (χ1v) is 9.33. The van der Waals surface area contributed by atoms with Crippen molar-refractivity contribution in [3.05, 3.63) is 82.9 Å². The summed E-state index contributed by atoms with van der Waals surface area (Å²) in [6.07, 6.45) is 1.50. The number of amides is 1. The normalized spacial score (nSPS) is 14.7. The smallest absolute Gasteiger partial charge is 0.338 e. The molecule has 0 fully saturated rings. The number of anilines is 1. The molecule has 0 atom stereocenters. The Hall–Kier alpha value is -4.53. The molecular weight excluding hydrogens is 419 g/mol. The molecule has 160 valence electrons. The Bertz CT molecular complexity index is 1320. The highest BCUT2D eigenvalue weighted by Gasteiger charge is 2.29. The Kier molecular flexibility index (Phi) is 5.15. The molecule has 0 radical (unpaired) electrons. The van der Waals surface area contributed by atoms with Gasteiger partial charge in [0.25, 0.3) is 5.91 Å². The number of carbonyl (C=O) groups excluding carboxylic acids is 1. The van der Waals surface area contributed by atoms with Crippen LogP contribution in [-0.2, 0) is 4.79 Å². The number of carboxylic acids is 2. The number of hydrogen-bond acceptors (Lipinski definition) is 5. The van der Waals surface area contributed by atoms with E-state index in [1.165, 1.54) is 42.5 Å². The minimum absolute atomic E-state index is 0.0897. The zero-order valence-corrected chi connectivity index (χ0v) is 16.6. The number of hydrazone groups is 1. The summed E-state index contributed by atoms with van der Waals surface area (Å²) in [5.74, 6) is -3.11. The number of benzene rings is 2. The Labute approximate surface area is 180 Å². The summed E-state index contributed by atoms with van der Waals surface area (Å²) in [7, 11) is 0. The maximum absolute atomic E-state index is 13.6. The van der Waals surface area contributed by atoms with E-state index in [1.54, 1.807) is 19.1 Å². The Morgan fingerprint density at radius 2 is 1.75 bits per heavy atom. The average Bonchev–Trinajstić information content (AvgIpc) is 3.34. The van der Waals surface area contributed by atoms with Crippen molar-refractivity contribution in [2.75, 3.05) is 5.01 Å². The SMILES string of the molecule is CC1=NN(c2ccc(C(=O)O)cc2)C(=O)/C1=C\c1ccc(-c2ccc(F)c(C(=O)O)c2)o1. The van der Waals surface area contributed by atoms with Gasteiger partial charge >= 0.3 is 11.9 Å². The number of nitrogens with zero attached hydrogens (tertiary/aromatic N) is 2. The summed E-state index contributed by atoms with van der Waals surface area (Å²) in [5.41, 5.74) is 1.11. The quantitative estimate of drug-likeness (QED) is 0.578. The van der Waals surface area contributed by atoms with Crippen LogP contribution in [-0.4, -0.2) is 33.8 Å². The van der Waals surface area contributed by atoms with E-state index in [1.807, 2.05) is 0 Å². The van der Waals surface area contributed by atoms with Gasteiger partial charge in [0, 0.05) is 5.56 Å². The van der Waals surface area contributed by atoms with E-state index in [0.717, 1.165) is 11.1 Å². The van der Waals surface area contributed by atoms with Crippen molar-refractivity contribution >= 4 is 35.3 Å². The second kappa shape index (κ2) is 7.95. The van der Waals surface area contributed by atoms with Gasteiger partial charge in [0.1, 0.15) is 17.3 Å². The van der Waals surface area contributed by atoms with Gasteiger partial charge in [0.05, 0.1) is 28.1 Å². The van der Waals surface area contributed by atoms with E-state index >= 15 is 0 Å². The van der Waals surface area contributed by atoms with Crippen LogP contribution in [0.3, 0.4) is 0 Å².